The highest BCUT2D eigenvalue weighted by Crippen LogP contribution is 2.27. The van der Waals surface area contributed by atoms with Crippen molar-refractivity contribution in [2.24, 2.45) is 0 Å². The van der Waals surface area contributed by atoms with E-state index in [-0.39, 0.29) is 18.1 Å². The van der Waals surface area contributed by atoms with Crippen molar-refractivity contribution >= 4 is 17.7 Å². The number of carbonyl (C=O) groups is 1. The number of thioether (sulfide) groups is 1. The molecule has 1 aliphatic rings. The molecule has 2 aromatic carbocycles. The molecule has 0 radical (unpaired) electrons. The summed E-state index contributed by atoms with van der Waals surface area (Å²) in [5.74, 6) is 1.44. The lowest BCUT2D eigenvalue weighted by atomic mass is 9.88. The van der Waals surface area contributed by atoms with Crippen LogP contribution in [0.4, 0.5) is 0 Å². The minimum absolute atomic E-state index is 0.0252. The molecule has 3 rings (SSSR count). The SMILES string of the molecule is CSc1ccc(Oc2ccc(C(=O)N(C)C3CC(O)C3)cc2)cc1. The highest BCUT2D eigenvalue weighted by atomic mass is 32.2. The third kappa shape index (κ3) is 3.74. The Bertz CT molecular complexity index is 694. The van der Waals surface area contributed by atoms with Crippen molar-refractivity contribution in [1.29, 1.82) is 0 Å². The number of hydrogen-bond donors (Lipinski definition) is 1. The smallest absolute Gasteiger partial charge is 0.253 e. The highest BCUT2D eigenvalue weighted by molar-refractivity contribution is 7.98. The van der Waals surface area contributed by atoms with Crippen LogP contribution in [0.2, 0.25) is 0 Å². The molecule has 2 aromatic rings. The number of rotatable bonds is 5. The normalized spacial score (nSPS) is 19.5. The summed E-state index contributed by atoms with van der Waals surface area (Å²) >= 11 is 1.69. The van der Waals surface area contributed by atoms with Crippen LogP contribution in [0.1, 0.15) is 23.2 Å². The van der Waals surface area contributed by atoms with Gasteiger partial charge in [0.25, 0.3) is 5.91 Å². The molecule has 1 aliphatic carbocycles. The highest BCUT2D eigenvalue weighted by Gasteiger charge is 2.33. The van der Waals surface area contributed by atoms with Crippen molar-refractivity contribution in [3.8, 4) is 11.5 Å². The number of amides is 1. The molecule has 126 valence electrons. The summed E-state index contributed by atoms with van der Waals surface area (Å²) in [6.07, 6.45) is 3.09. The number of nitrogens with zero attached hydrogens (tertiary/aromatic N) is 1. The predicted molar refractivity (Wildman–Crippen MR) is 95.9 cm³/mol. The summed E-state index contributed by atoms with van der Waals surface area (Å²) in [4.78, 5) is 15.3. The van der Waals surface area contributed by atoms with E-state index in [1.807, 2.05) is 30.5 Å². The second kappa shape index (κ2) is 7.28. The zero-order chi connectivity index (χ0) is 17.1. The molecular weight excluding hydrogens is 322 g/mol. The van der Waals surface area contributed by atoms with Crippen LogP contribution in [0.25, 0.3) is 0 Å². The van der Waals surface area contributed by atoms with Crippen molar-refractivity contribution in [1.82, 2.24) is 4.90 Å². The Morgan fingerprint density at radius 2 is 1.62 bits per heavy atom. The summed E-state index contributed by atoms with van der Waals surface area (Å²) < 4.78 is 5.80. The average molecular weight is 343 g/mol. The molecule has 0 saturated heterocycles. The summed E-state index contributed by atoms with van der Waals surface area (Å²) in [5.41, 5.74) is 0.629. The van der Waals surface area contributed by atoms with E-state index in [2.05, 4.69) is 0 Å². The molecule has 5 heteroatoms. The van der Waals surface area contributed by atoms with Gasteiger partial charge in [0.15, 0.2) is 0 Å². The maximum absolute atomic E-state index is 12.4. The van der Waals surface area contributed by atoms with Crippen LogP contribution in [-0.4, -0.2) is 41.4 Å². The van der Waals surface area contributed by atoms with Crippen molar-refractivity contribution < 1.29 is 14.6 Å². The van der Waals surface area contributed by atoms with E-state index in [0.29, 0.717) is 24.2 Å². The Hall–Kier alpha value is -1.98. The zero-order valence-corrected chi connectivity index (χ0v) is 14.6. The maximum atomic E-state index is 12.4. The first kappa shape index (κ1) is 16.9. The number of aliphatic hydroxyl groups excluding tert-OH is 1. The minimum atomic E-state index is -0.265. The van der Waals surface area contributed by atoms with Crippen LogP contribution in [0.5, 0.6) is 11.5 Å². The topological polar surface area (TPSA) is 49.8 Å². The number of ether oxygens (including phenoxy) is 1. The number of aliphatic hydroxyl groups is 1. The van der Waals surface area contributed by atoms with Gasteiger partial charge in [0.1, 0.15) is 11.5 Å². The Labute approximate surface area is 146 Å². The summed E-state index contributed by atoms with van der Waals surface area (Å²) in [5, 5.41) is 9.37. The van der Waals surface area contributed by atoms with Gasteiger partial charge in [-0.25, -0.2) is 0 Å². The molecule has 1 N–H and O–H groups in total. The monoisotopic (exact) mass is 343 g/mol. The first-order valence-corrected chi connectivity index (χ1v) is 9.16. The van der Waals surface area contributed by atoms with Crippen molar-refractivity contribution in [2.75, 3.05) is 13.3 Å². The molecule has 0 spiro atoms. The fraction of sp³-hybridized carbons (Fsp3) is 0.316. The lowest BCUT2D eigenvalue weighted by Gasteiger charge is -2.38. The average Bonchev–Trinajstić information content (AvgIpc) is 2.59. The lowest BCUT2D eigenvalue weighted by Crippen LogP contribution is -2.47. The van der Waals surface area contributed by atoms with Gasteiger partial charge in [0, 0.05) is 23.5 Å². The molecule has 1 saturated carbocycles. The van der Waals surface area contributed by atoms with Gasteiger partial charge < -0.3 is 14.7 Å². The van der Waals surface area contributed by atoms with Gasteiger partial charge in [0.05, 0.1) is 6.10 Å². The largest absolute Gasteiger partial charge is 0.457 e. The van der Waals surface area contributed by atoms with Crippen LogP contribution in [0.15, 0.2) is 53.4 Å². The summed E-state index contributed by atoms with van der Waals surface area (Å²) in [7, 11) is 1.79. The van der Waals surface area contributed by atoms with Gasteiger partial charge in [-0.3, -0.25) is 4.79 Å². The van der Waals surface area contributed by atoms with E-state index in [9.17, 15) is 9.90 Å². The van der Waals surface area contributed by atoms with Crippen molar-refractivity contribution in [3.63, 3.8) is 0 Å². The second-order valence-electron chi connectivity index (χ2n) is 6.00. The number of hydrogen-bond acceptors (Lipinski definition) is 4. The van der Waals surface area contributed by atoms with E-state index in [1.54, 1.807) is 48.0 Å². The molecule has 1 fully saturated rings. The van der Waals surface area contributed by atoms with E-state index >= 15 is 0 Å². The van der Waals surface area contributed by atoms with Crippen LogP contribution in [0, 0.1) is 0 Å². The molecular formula is C19H21NO3S. The van der Waals surface area contributed by atoms with Gasteiger partial charge in [-0.05, 0) is 67.6 Å². The Kier molecular flexibility index (Phi) is 5.11. The quantitative estimate of drug-likeness (QED) is 0.839. The summed E-state index contributed by atoms with van der Waals surface area (Å²) in [6, 6.07) is 15.2. The Balaban J connectivity index is 1.63. The molecule has 24 heavy (non-hydrogen) atoms. The molecule has 0 unspecified atom stereocenters. The molecule has 0 heterocycles. The molecule has 0 atom stereocenters. The predicted octanol–water partition coefficient (Wildman–Crippen LogP) is 3.80. The van der Waals surface area contributed by atoms with Crippen LogP contribution >= 0.6 is 11.8 Å². The molecule has 0 bridgehead atoms. The Morgan fingerprint density at radius 3 is 2.12 bits per heavy atom. The molecule has 4 nitrogen and oxygen atoms in total. The third-order valence-electron chi connectivity index (χ3n) is 4.35. The number of carbonyl (C=O) groups excluding carboxylic acids is 1. The van der Waals surface area contributed by atoms with E-state index < -0.39 is 0 Å². The van der Waals surface area contributed by atoms with E-state index in [1.165, 1.54) is 4.90 Å². The second-order valence-corrected chi connectivity index (χ2v) is 6.88. The zero-order valence-electron chi connectivity index (χ0n) is 13.8. The lowest BCUT2D eigenvalue weighted by molar-refractivity contribution is 0.0132. The van der Waals surface area contributed by atoms with Crippen LogP contribution in [0.3, 0.4) is 0 Å². The fourth-order valence-corrected chi connectivity index (χ4v) is 3.10. The van der Waals surface area contributed by atoms with Gasteiger partial charge in [-0.2, -0.15) is 0 Å². The minimum Gasteiger partial charge on any atom is -0.457 e. The molecule has 0 aliphatic heterocycles. The van der Waals surface area contributed by atoms with Crippen LogP contribution in [-0.2, 0) is 0 Å². The van der Waals surface area contributed by atoms with Gasteiger partial charge in [0.2, 0.25) is 0 Å². The van der Waals surface area contributed by atoms with Gasteiger partial charge in [-0.15, -0.1) is 11.8 Å². The molecule has 0 aromatic heterocycles. The summed E-state index contributed by atoms with van der Waals surface area (Å²) in [6.45, 7) is 0. The first-order valence-electron chi connectivity index (χ1n) is 7.94. The van der Waals surface area contributed by atoms with Gasteiger partial charge >= 0.3 is 0 Å². The Morgan fingerprint density at radius 1 is 1.08 bits per heavy atom. The first-order chi connectivity index (χ1) is 11.6. The van der Waals surface area contributed by atoms with E-state index in [4.69, 9.17) is 4.74 Å². The van der Waals surface area contributed by atoms with Gasteiger partial charge in [-0.1, -0.05) is 0 Å². The van der Waals surface area contributed by atoms with Crippen LogP contribution < -0.4 is 4.74 Å². The molecule has 1 amide bonds. The fourth-order valence-electron chi connectivity index (χ4n) is 2.69. The van der Waals surface area contributed by atoms with Crippen molar-refractivity contribution in [3.05, 3.63) is 54.1 Å². The van der Waals surface area contributed by atoms with E-state index in [0.717, 1.165) is 5.75 Å². The van der Waals surface area contributed by atoms with Crippen molar-refractivity contribution in [2.45, 2.75) is 29.9 Å². The maximum Gasteiger partial charge on any atom is 0.253 e. The standard InChI is InChI=1S/C19H21NO3S/c1-20(14-11-15(21)12-14)19(22)13-3-5-16(6-4-13)23-17-7-9-18(24-2)10-8-17/h3-10,14-15,21H,11-12H2,1-2H3. The number of benzene rings is 2. The third-order valence-corrected chi connectivity index (χ3v) is 5.10.